The summed E-state index contributed by atoms with van der Waals surface area (Å²) in [5, 5.41) is 1.09. The minimum Gasteiger partial charge on any atom is -0.488 e. The Morgan fingerprint density at radius 3 is 2.71 bits per heavy atom. The highest BCUT2D eigenvalue weighted by molar-refractivity contribution is 9.10. The van der Waals surface area contributed by atoms with Gasteiger partial charge >= 0.3 is 5.97 Å². The van der Waals surface area contributed by atoms with Gasteiger partial charge in [-0.15, -0.1) is 0 Å². The highest BCUT2D eigenvalue weighted by Crippen LogP contribution is 2.35. The van der Waals surface area contributed by atoms with Crippen molar-refractivity contribution in [2.24, 2.45) is 0 Å². The summed E-state index contributed by atoms with van der Waals surface area (Å²) >= 11 is 22.5. The van der Waals surface area contributed by atoms with Crippen LogP contribution in [0.5, 0.6) is 5.75 Å². The lowest BCUT2D eigenvalue weighted by Gasteiger charge is -2.14. The lowest BCUT2D eigenvalue weighted by Crippen LogP contribution is -2.29. The van der Waals surface area contributed by atoms with E-state index in [4.69, 9.17) is 44.9 Å². The molecule has 0 atom stereocenters. The Bertz CT molecular complexity index is 1140. The molecule has 0 unspecified atom stereocenters. The predicted octanol–water partition coefficient (Wildman–Crippen LogP) is 7.66. The molecule has 10 heteroatoms. The lowest BCUT2D eigenvalue weighted by atomic mass is 10.1. The molecule has 1 aliphatic rings. The van der Waals surface area contributed by atoms with Crippen molar-refractivity contribution in [1.29, 1.82) is 0 Å². The minimum atomic E-state index is -0.188. The van der Waals surface area contributed by atoms with E-state index in [-0.39, 0.29) is 18.5 Å². The van der Waals surface area contributed by atoms with Gasteiger partial charge in [0.1, 0.15) is 16.7 Å². The van der Waals surface area contributed by atoms with Crippen LogP contribution in [0.25, 0.3) is 6.08 Å². The number of carbonyl (C=O) groups is 2. The van der Waals surface area contributed by atoms with Crippen molar-refractivity contribution >= 4 is 85.4 Å². The molecule has 3 rings (SSSR count). The molecule has 0 aliphatic carbocycles. The largest absolute Gasteiger partial charge is 0.488 e. The smallest absolute Gasteiger partial charge is 0.305 e. The summed E-state index contributed by atoms with van der Waals surface area (Å²) in [6.45, 7) is 2.95. The molecule has 0 N–H and O–H groups in total. The van der Waals surface area contributed by atoms with Gasteiger partial charge in [0.25, 0.3) is 5.91 Å². The zero-order chi connectivity index (χ0) is 25.4. The third-order valence-electron chi connectivity index (χ3n) is 5.10. The number of esters is 1. The maximum atomic E-state index is 13.0. The van der Waals surface area contributed by atoms with Gasteiger partial charge in [0.05, 0.1) is 11.5 Å². The number of hydrogen-bond donors (Lipinski definition) is 0. The van der Waals surface area contributed by atoms with Crippen molar-refractivity contribution in [1.82, 2.24) is 4.90 Å². The number of benzene rings is 2. The van der Waals surface area contributed by atoms with E-state index < -0.39 is 0 Å². The summed E-state index contributed by atoms with van der Waals surface area (Å²) in [6, 6.07) is 10.9. The van der Waals surface area contributed by atoms with E-state index in [0.717, 1.165) is 34.9 Å². The molecule has 0 spiro atoms. The number of thiocarbonyl (C=S) groups is 1. The number of thioether (sulfide) groups is 1. The van der Waals surface area contributed by atoms with Gasteiger partial charge in [-0.25, -0.2) is 0 Å². The number of nitrogens with zero attached hydrogens (tertiary/aromatic N) is 1. The SMILES string of the molecule is CCOC(=O)CCCCCN1C(=O)/C(=C\c2cc(Br)ccc2OCc2ccc(Cl)cc2Cl)SC1=S. The predicted molar refractivity (Wildman–Crippen MR) is 150 cm³/mol. The standard InChI is InChI=1S/C25H24BrCl2NO4S2/c1-2-32-23(30)6-4-3-5-11-29-24(31)22(35-25(29)34)13-17-12-18(26)8-10-21(17)33-15-16-7-9-19(27)14-20(16)28/h7-10,12-14H,2-6,11,15H2,1H3/b22-13+. The van der Waals surface area contributed by atoms with Gasteiger partial charge in [-0.1, -0.05) is 75.6 Å². The topological polar surface area (TPSA) is 55.8 Å². The van der Waals surface area contributed by atoms with Crippen molar-refractivity contribution in [2.75, 3.05) is 13.2 Å². The van der Waals surface area contributed by atoms with Gasteiger partial charge in [-0.3, -0.25) is 14.5 Å². The van der Waals surface area contributed by atoms with E-state index in [1.165, 1.54) is 11.8 Å². The Balaban J connectivity index is 1.64. The first-order valence-corrected chi connectivity index (χ1v) is 13.8. The van der Waals surface area contributed by atoms with Crippen LogP contribution in [-0.4, -0.2) is 34.2 Å². The molecule has 35 heavy (non-hydrogen) atoms. The maximum absolute atomic E-state index is 13.0. The van der Waals surface area contributed by atoms with E-state index in [1.54, 1.807) is 30.0 Å². The number of rotatable bonds is 11. The second-order valence-corrected chi connectivity index (χ2v) is 11.1. The van der Waals surface area contributed by atoms with E-state index in [2.05, 4.69) is 15.9 Å². The second-order valence-electron chi connectivity index (χ2n) is 7.66. The number of halogens is 3. The van der Waals surface area contributed by atoms with Gasteiger partial charge < -0.3 is 9.47 Å². The van der Waals surface area contributed by atoms with Crippen LogP contribution in [0.4, 0.5) is 0 Å². The first kappa shape index (κ1) is 28.0. The third kappa shape index (κ3) is 8.22. The van der Waals surface area contributed by atoms with Crippen molar-refractivity contribution in [3.8, 4) is 5.75 Å². The molecule has 1 aliphatic heterocycles. The van der Waals surface area contributed by atoms with Gasteiger partial charge in [0.15, 0.2) is 0 Å². The van der Waals surface area contributed by atoms with E-state index in [0.29, 0.717) is 44.6 Å². The fourth-order valence-electron chi connectivity index (χ4n) is 3.34. The average molecular weight is 617 g/mol. The summed E-state index contributed by atoms with van der Waals surface area (Å²) in [4.78, 5) is 26.6. The van der Waals surface area contributed by atoms with Crippen LogP contribution >= 0.6 is 63.1 Å². The molecule has 186 valence electrons. The second kappa shape index (κ2) is 13.7. The van der Waals surface area contributed by atoms with Crippen LogP contribution in [0.15, 0.2) is 45.8 Å². The van der Waals surface area contributed by atoms with Crippen LogP contribution < -0.4 is 4.74 Å². The van der Waals surface area contributed by atoms with E-state index in [9.17, 15) is 9.59 Å². The molecule has 0 saturated carbocycles. The summed E-state index contributed by atoms with van der Waals surface area (Å²) in [7, 11) is 0. The van der Waals surface area contributed by atoms with Crippen molar-refractivity contribution in [3.05, 3.63) is 66.9 Å². The first-order valence-electron chi connectivity index (χ1n) is 11.1. The molecule has 1 heterocycles. The molecule has 0 bridgehead atoms. The number of hydrogen-bond acceptors (Lipinski definition) is 6. The van der Waals surface area contributed by atoms with E-state index >= 15 is 0 Å². The Hall–Kier alpha value is -1.58. The Morgan fingerprint density at radius 2 is 1.97 bits per heavy atom. The van der Waals surface area contributed by atoms with Crippen molar-refractivity contribution in [2.45, 2.75) is 39.2 Å². The number of ether oxygens (including phenoxy) is 2. The minimum absolute atomic E-state index is 0.128. The van der Waals surface area contributed by atoms with Crippen LogP contribution in [-0.2, 0) is 20.9 Å². The summed E-state index contributed by atoms with van der Waals surface area (Å²) in [5.74, 6) is 0.298. The third-order valence-corrected chi connectivity index (χ3v) is 7.56. The van der Waals surface area contributed by atoms with Crippen LogP contribution in [0.1, 0.15) is 43.7 Å². The molecule has 2 aromatic rings. The number of unbranched alkanes of at least 4 members (excludes halogenated alkanes) is 2. The monoisotopic (exact) mass is 615 g/mol. The summed E-state index contributed by atoms with van der Waals surface area (Å²) in [5.41, 5.74) is 1.55. The normalized spacial score (nSPS) is 14.6. The van der Waals surface area contributed by atoms with Crippen molar-refractivity contribution in [3.63, 3.8) is 0 Å². The quantitative estimate of drug-likeness (QED) is 0.112. The zero-order valence-electron chi connectivity index (χ0n) is 19.0. The molecule has 5 nitrogen and oxygen atoms in total. The Labute approximate surface area is 233 Å². The zero-order valence-corrected chi connectivity index (χ0v) is 23.8. The molecular formula is C25H24BrCl2NO4S2. The van der Waals surface area contributed by atoms with Crippen LogP contribution in [0, 0.1) is 0 Å². The molecule has 0 radical (unpaired) electrons. The van der Waals surface area contributed by atoms with E-state index in [1.807, 2.05) is 24.3 Å². The molecule has 1 amide bonds. The number of carbonyl (C=O) groups excluding carboxylic acids is 2. The lowest BCUT2D eigenvalue weighted by molar-refractivity contribution is -0.143. The Morgan fingerprint density at radius 1 is 1.17 bits per heavy atom. The van der Waals surface area contributed by atoms with Gasteiger partial charge in [0, 0.05) is 38.6 Å². The fourth-order valence-corrected chi connectivity index (χ4v) is 5.48. The molecular weight excluding hydrogens is 593 g/mol. The van der Waals surface area contributed by atoms with Gasteiger partial charge in [-0.05, 0) is 56.2 Å². The molecule has 2 aromatic carbocycles. The average Bonchev–Trinajstić information content (AvgIpc) is 3.06. The summed E-state index contributed by atoms with van der Waals surface area (Å²) in [6.07, 6.45) is 4.47. The molecule has 1 fully saturated rings. The van der Waals surface area contributed by atoms with Crippen LogP contribution in [0.3, 0.4) is 0 Å². The van der Waals surface area contributed by atoms with Gasteiger partial charge in [0.2, 0.25) is 0 Å². The summed E-state index contributed by atoms with van der Waals surface area (Å²) < 4.78 is 12.3. The highest BCUT2D eigenvalue weighted by atomic mass is 79.9. The van der Waals surface area contributed by atoms with Crippen molar-refractivity contribution < 1.29 is 19.1 Å². The van der Waals surface area contributed by atoms with Crippen LogP contribution in [0.2, 0.25) is 10.0 Å². The number of amides is 1. The maximum Gasteiger partial charge on any atom is 0.305 e. The van der Waals surface area contributed by atoms with Gasteiger partial charge in [-0.2, -0.15) is 0 Å². The molecule has 0 aromatic heterocycles. The molecule has 1 saturated heterocycles. The first-order chi connectivity index (χ1) is 16.8. The fraction of sp³-hybridized carbons (Fsp3) is 0.320. The Kier molecular flexibility index (Phi) is 10.9. The highest BCUT2D eigenvalue weighted by Gasteiger charge is 2.31.